The lowest BCUT2D eigenvalue weighted by atomic mass is 10.1. The molecule has 0 bridgehead atoms. The Balaban J connectivity index is 1.26. The van der Waals surface area contributed by atoms with Crippen LogP contribution in [0.5, 0.6) is 0 Å². The van der Waals surface area contributed by atoms with Gasteiger partial charge in [-0.1, -0.05) is 41.9 Å². The summed E-state index contributed by atoms with van der Waals surface area (Å²) in [5, 5.41) is 3.92. The number of benzene rings is 3. The molecular weight excluding hydrogens is 472 g/mol. The molecule has 5 rings (SSSR count). The van der Waals surface area contributed by atoms with Gasteiger partial charge >= 0.3 is 0 Å². The molecular formula is C25H25ClN4O3S. The summed E-state index contributed by atoms with van der Waals surface area (Å²) in [6.45, 7) is 4.77. The van der Waals surface area contributed by atoms with Gasteiger partial charge in [0, 0.05) is 42.5 Å². The molecule has 1 fully saturated rings. The minimum absolute atomic E-state index is 0.0310. The zero-order valence-corrected chi connectivity index (χ0v) is 20.2. The number of hydrogen-bond donors (Lipinski definition) is 2. The predicted octanol–water partition coefficient (Wildman–Crippen LogP) is 4.01. The molecule has 176 valence electrons. The van der Waals surface area contributed by atoms with Gasteiger partial charge in [-0.2, -0.15) is 4.72 Å². The SMILES string of the molecule is Cc1ccc(Cl)cc1N1CCN(C(=O)c2ccc([C@H]3Nc4ccccc4S(=O)(=O)N3)cc2)CC1. The molecule has 9 heteroatoms. The number of hydrogen-bond acceptors (Lipinski definition) is 5. The number of sulfonamides is 1. The van der Waals surface area contributed by atoms with Gasteiger partial charge in [0.05, 0.1) is 5.69 Å². The number of carbonyl (C=O) groups is 1. The van der Waals surface area contributed by atoms with Crippen molar-refractivity contribution in [2.24, 2.45) is 0 Å². The summed E-state index contributed by atoms with van der Waals surface area (Å²) in [5.74, 6) is -0.0310. The van der Waals surface area contributed by atoms with Crippen molar-refractivity contribution in [3.05, 3.63) is 88.4 Å². The highest BCUT2D eigenvalue weighted by Crippen LogP contribution is 2.31. The number of anilines is 2. The van der Waals surface area contributed by atoms with E-state index in [1.165, 1.54) is 0 Å². The lowest BCUT2D eigenvalue weighted by Crippen LogP contribution is -2.49. The van der Waals surface area contributed by atoms with Crippen LogP contribution in [0.15, 0.2) is 71.6 Å². The van der Waals surface area contributed by atoms with Crippen LogP contribution in [0.3, 0.4) is 0 Å². The molecule has 3 aromatic carbocycles. The Hall–Kier alpha value is -3.07. The molecule has 0 spiro atoms. The lowest BCUT2D eigenvalue weighted by Gasteiger charge is -2.37. The molecule has 2 N–H and O–H groups in total. The maximum Gasteiger partial charge on any atom is 0.253 e. The lowest BCUT2D eigenvalue weighted by molar-refractivity contribution is 0.0746. The van der Waals surface area contributed by atoms with E-state index in [-0.39, 0.29) is 10.8 Å². The first kappa shape index (κ1) is 22.7. The van der Waals surface area contributed by atoms with Crippen molar-refractivity contribution < 1.29 is 13.2 Å². The third kappa shape index (κ3) is 4.36. The average Bonchev–Trinajstić information content (AvgIpc) is 2.85. The molecule has 1 amide bonds. The van der Waals surface area contributed by atoms with Gasteiger partial charge < -0.3 is 15.1 Å². The topological polar surface area (TPSA) is 81.8 Å². The Morgan fingerprint density at radius 1 is 0.971 bits per heavy atom. The monoisotopic (exact) mass is 496 g/mol. The van der Waals surface area contributed by atoms with Gasteiger partial charge in [0.15, 0.2) is 0 Å². The summed E-state index contributed by atoms with van der Waals surface area (Å²) in [5.41, 5.74) is 4.13. The van der Waals surface area contributed by atoms with Crippen LogP contribution in [-0.2, 0) is 10.0 Å². The number of para-hydroxylation sites is 1. The Kier molecular flexibility index (Phi) is 5.97. The fraction of sp³-hybridized carbons (Fsp3) is 0.240. The smallest absolute Gasteiger partial charge is 0.253 e. The highest BCUT2D eigenvalue weighted by Gasteiger charge is 2.30. The number of carbonyl (C=O) groups excluding carboxylic acids is 1. The van der Waals surface area contributed by atoms with Gasteiger partial charge in [-0.25, -0.2) is 8.42 Å². The molecule has 0 unspecified atom stereocenters. The van der Waals surface area contributed by atoms with E-state index in [0.717, 1.165) is 29.9 Å². The van der Waals surface area contributed by atoms with Crippen molar-refractivity contribution in [2.75, 3.05) is 36.4 Å². The van der Waals surface area contributed by atoms with Crippen molar-refractivity contribution in [2.45, 2.75) is 18.0 Å². The highest BCUT2D eigenvalue weighted by molar-refractivity contribution is 7.89. The fourth-order valence-electron chi connectivity index (χ4n) is 4.45. The number of fused-ring (bicyclic) bond motifs is 1. The van der Waals surface area contributed by atoms with E-state index in [9.17, 15) is 13.2 Å². The minimum atomic E-state index is -3.62. The maximum atomic E-state index is 13.1. The molecule has 2 heterocycles. The highest BCUT2D eigenvalue weighted by atomic mass is 35.5. The predicted molar refractivity (Wildman–Crippen MR) is 134 cm³/mol. The standard InChI is InChI=1S/C25H25ClN4O3S/c1-17-6-11-20(26)16-22(17)29-12-14-30(15-13-29)25(31)19-9-7-18(8-10-19)24-27-21-4-2-3-5-23(21)34(32,33)28-24/h2-11,16,24,27-28H,12-15H2,1H3/t24-/m0/s1. The van der Waals surface area contributed by atoms with E-state index >= 15 is 0 Å². The van der Waals surface area contributed by atoms with Crippen molar-refractivity contribution in [3.63, 3.8) is 0 Å². The number of nitrogens with zero attached hydrogens (tertiary/aromatic N) is 2. The van der Waals surface area contributed by atoms with Crippen molar-refractivity contribution in [3.8, 4) is 0 Å². The Bertz CT molecular complexity index is 1340. The molecule has 1 atom stereocenters. The van der Waals surface area contributed by atoms with Crippen LogP contribution in [0.1, 0.15) is 27.7 Å². The van der Waals surface area contributed by atoms with Crippen LogP contribution in [0, 0.1) is 6.92 Å². The number of aryl methyl sites for hydroxylation is 1. The summed E-state index contributed by atoms with van der Waals surface area (Å²) >= 11 is 6.17. The third-order valence-electron chi connectivity index (χ3n) is 6.32. The first-order chi connectivity index (χ1) is 16.3. The van der Waals surface area contributed by atoms with E-state index in [0.29, 0.717) is 29.4 Å². The summed E-state index contributed by atoms with van der Waals surface area (Å²) in [6.07, 6.45) is -0.603. The summed E-state index contributed by atoms with van der Waals surface area (Å²) in [4.78, 5) is 17.4. The van der Waals surface area contributed by atoms with Crippen molar-refractivity contribution in [1.29, 1.82) is 0 Å². The molecule has 2 aliphatic rings. The van der Waals surface area contributed by atoms with Crippen LogP contribution in [0.4, 0.5) is 11.4 Å². The molecule has 0 aromatic heterocycles. The summed E-state index contributed by atoms with van der Waals surface area (Å²) < 4.78 is 27.8. The van der Waals surface area contributed by atoms with E-state index in [1.54, 1.807) is 48.5 Å². The van der Waals surface area contributed by atoms with E-state index in [1.807, 2.05) is 23.1 Å². The normalized spacial score (nSPS) is 19.3. The van der Waals surface area contributed by atoms with Crippen LogP contribution in [0.2, 0.25) is 5.02 Å². The van der Waals surface area contributed by atoms with Gasteiger partial charge in [0.25, 0.3) is 5.91 Å². The van der Waals surface area contributed by atoms with Gasteiger partial charge in [0.1, 0.15) is 11.1 Å². The molecule has 0 saturated carbocycles. The van der Waals surface area contributed by atoms with E-state index < -0.39 is 16.2 Å². The van der Waals surface area contributed by atoms with Crippen molar-refractivity contribution >= 4 is 38.9 Å². The van der Waals surface area contributed by atoms with Crippen molar-refractivity contribution in [1.82, 2.24) is 9.62 Å². The van der Waals surface area contributed by atoms with Gasteiger partial charge in [-0.05, 0) is 54.4 Å². The Morgan fingerprint density at radius 2 is 1.68 bits per heavy atom. The van der Waals surface area contributed by atoms with E-state index in [4.69, 9.17) is 11.6 Å². The number of halogens is 1. The molecule has 2 aliphatic heterocycles. The first-order valence-corrected chi connectivity index (χ1v) is 13.0. The third-order valence-corrected chi connectivity index (χ3v) is 8.04. The Morgan fingerprint density at radius 3 is 2.41 bits per heavy atom. The number of nitrogens with one attached hydrogen (secondary N) is 2. The zero-order chi connectivity index (χ0) is 23.9. The summed E-state index contributed by atoms with van der Waals surface area (Å²) in [7, 11) is -3.62. The largest absolute Gasteiger partial charge is 0.368 e. The van der Waals surface area contributed by atoms with Crippen LogP contribution >= 0.6 is 11.6 Å². The second kappa shape index (κ2) is 8.94. The summed E-state index contributed by atoms with van der Waals surface area (Å²) in [6, 6.07) is 19.7. The Labute approximate surface area is 204 Å². The molecule has 3 aromatic rings. The minimum Gasteiger partial charge on any atom is -0.368 e. The fourth-order valence-corrected chi connectivity index (χ4v) is 5.92. The average molecular weight is 497 g/mol. The molecule has 7 nitrogen and oxygen atoms in total. The van der Waals surface area contributed by atoms with Crippen LogP contribution < -0.4 is 14.9 Å². The van der Waals surface area contributed by atoms with Gasteiger partial charge in [-0.3, -0.25) is 4.79 Å². The van der Waals surface area contributed by atoms with Gasteiger partial charge in [0.2, 0.25) is 10.0 Å². The van der Waals surface area contributed by atoms with Crippen LogP contribution in [-0.4, -0.2) is 45.4 Å². The second-order valence-electron chi connectivity index (χ2n) is 8.53. The molecule has 1 saturated heterocycles. The number of piperazine rings is 1. The molecule has 0 aliphatic carbocycles. The molecule has 0 radical (unpaired) electrons. The number of amides is 1. The number of rotatable bonds is 3. The van der Waals surface area contributed by atoms with Crippen LogP contribution in [0.25, 0.3) is 0 Å². The second-order valence-corrected chi connectivity index (χ2v) is 10.6. The van der Waals surface area contributed by atoms with E-state index in [2.05, 4.69) is 21.9 Å². The first-order valence-electron chi connectivity index (χ1n) is 11.1. The quantitative estimate of drug-likeness (QED) is 0.572. The zero-order valence-electron chi connectivity index (χ0n) is 18.7. The van der Waals surface area contributed by atoms with Gasteiger partial charge in [-0.15, -0.1) is 0 Å². The maximum absolute atomic E-state index is 13.1. The molecule has 34 heavy (non-hydrogen) atoms.